The Morgan fingerprint density at radius 3 is 2.63 bits per heavy atom. The van der Waals surface area contributed by atoms with Crippen LogP contribution in [0.25, 0.3) is 11.4 Å². The Hall–Kier alpha value is -3.92. The van der Waals surface area contributed by atoms with E-state index in [1.165, 1.54) is 12.4 Å². The summed E-state index contributed by atoms with van der Waals surface area (Å²) in [4.78, 5) is 27.4. The van der Waals surface area contributed by atoms with Gasteiger partial charge in [0.1, 0.15) is 23.8 Å². The van der Waals surface area contributed by atoms with Crippen LogP contribution in [0.15, 0.2) is 54.9 Å². The minimum absolute atomic E-state index is 0.221. The number of benzene rings is 2. The van der Waals surface area contributed by atoms with Gasteiger partial charge in [0.2, 0.25) is 5.13 Å². The van der Waals surface area contributed by atoms with Crippen LogP contribution in [-0.4, -0.2) is 39.3 Å². The highest BCUT2D eigenvalue weighted by molar-refractivity contribution is 7.10. The van der Waals surface area contributed by atoms with Crippen LogP contribution in [0.4, 0.5) is 26.8 Å². The molecule has 0 aliphatic carbocycles. The summed E-state index contributed by atoms with van der Waals surface area (Å²) in [7, 11) is 3.82. The van der Waals surface area contributed by atoms with Gasteiger partial charge in [-0.05, 0) is 60.9 Å². The molecule has 4 aromatic rings. The number of anilines is 4. The summed E-state index contributed by atoms with van der Waals surface area (Å²) in [5.74, 6) is 1.39. The molecule has 0 unspecified atom stereocenters. The zero-order chi connectivity index (χ0) is 24.8. The Bertz CT molecular complexity index is 1310. The molecule has 0 saturated heterocycles. The molecule has 2 aromatic carbocycles. The summed E-state index contributed by atoms with van der Waals surface area (Å²) in [5, 5.41) is 6.36. The van der Waals surface area contributed by atoms with Gasteiger partial charge >= 0.3 is 0 Å². The number of unbranched alkanes of at least 4 members (excludes halogenated alkanes) is 1. The quantitative estimate of drug-likeness (QED) is 0.317. The van der Waals surface area contributed by atoms with Crippen LogP contribution in [0.1, 0.15) is 35.7 Å². The van der Waals surface area contributed by atoms with Crippen molar-refractivity contribution in [2.45, 2.75) is 26.2 Å². The number of aryl methyl sites for hydroxylation is 1. The normalized spacial score (nSPS) is 10.7. The van der Waals surface area contributed by atoms with Crippen molar-refractivity contribution in [3.63, 3.8) is 0 Å². The van der Waals surface area contributed by atoms with Gasteiger partial charge in [-0.1, -0.05) is 13.3 Å². The summed E-state index contributed by atoms with van der Waals surface area (Å²) in [5.41, 5.74) is 2.65. The Kier molecular flexibility index (Phi) is 7.61. The highest BCUT2D eigenvalue weighted by Crippen LogP contribution is 2.25. The standard InChI is InChI=1S/C25H26FN7OS/c1-4-5-6-17-13-18(9-12-20(17)26)23-30-25(35-32-23)31-24(34)16-7-10-19(11-8-16)29-21-14-22(33(2)3)28-15-27-21/h7-15H,4-6H2,1-3H3,(H,27,28,29)(H,30,31,32,34). The average molecular weight is 492 g/mol. The number of carbonyl (C=O) groups excluding carboxylic acids is 1. The van der Waals surface area contributed by atoms with Gasteiger partial charge in [0.15, 0.2) is 5.82 Å². The van der Waals surface area contributed by atoms with Crippen molar-refractivity contribution in [1.82, 2.24) is 19.3 Å². The fourth-order valence-corrected chi connectivity index (χ4v) is 3.93. The molecule has 35 heavy (non-hydrogen) atoms. The molecule has 2 heterocycles. The van der Waals surface area contributed by atoms with E-state index in [0.29, 0.717) is 34.3 Å². The predicted octanol–water partition coefficient (Wildman–Crippen LogP) is 5.54. The Balaban J connectivity index is 1.40. The van der Waals surface area contributed by atoms with E-state index in [2.05, 4.69) is 36.9 Å². The lowest BCUT2D eigenvalue weighted by molar-refractivity contribution is 0.102. The minimum atomic E-state index is -0.293. The lowest BCUT2D eigenvalue weighted by atomic mass is 10.0. The third-order valence-electron chi connectivity index (χ3n) is 5.28. The molecule has 180 valence electrons. The van der Waals surface area contributed by atoms with E-state index < -0.39 is 0 Å². The molecular formula is C25H26FN7OS. The molecule has 4 rings (SSSR count). The molecule has 1 amide bonds. The van der Waals surface area contributed by atoms with E-state index in [9.17, 15) is 9.18 Å². The van der Waals surface area contributed by atoms with Crippen molar-refractivity contribution in [3.8, 4) is 11.4 Å². The molecule has 0 aliphatic heterocycles. The van der Waals surface area contributed by atoms with Gasteiger partial charge in [0.05, 0.1) is 0 Å². The number of hydrogen-bond donors (Lipinski definition) is 2. The van der Waals surface area contributed by atoms with Crippen LogP contribution in [0, 0.1) is 5.82 Å². The summed E-state index contributed by atoms with van der Waals surface area (Å²) >= 11 is 1.09. The molecule has 2 aromatic heterocycles. The van der Waals surface area contributed by atoms with Gasteiger partial charge in [0.25, 0.3) is 5.91 Å². The number of nitrogens with zero attached hydrogens (tertiary/aromatic N) is 5. The van der Waals surface area contributed by atoms with Crippen LogP contribution >= 0.6 is 11.5 Å². The van der Waals surface area contributed by atoms with Gasteiger partial charge in [0, 0.05) is 48.5 Å². The fourth-order valence-electron chi connectivity index (χ4n) is 3.35. The van der Waals surface area contributed by atoms with Crippen molar-refractivity contribution in [1.29, 1.82) is 0 Å². The zero-order valence-electron chi connectivity index (χ0n) is 19.7. The summed E-state index contributed by atoms with van der Waals surface area (Å²) in [6.07, 6.45) is 4.07. The third-order valence-corrected chi connectivity index (χ3v) is 5.91. The van der Waals surface area contributed by atoms with Crippen LogP contribution in [0.3, 0.4) is 0 Å². The topological polar surface area (TPSA) is 95.9 Å². The SMILES string of the molecule is CCCCc1cc(-c2nsc(NC(=O)c3ccc(Nc4cc(N(C)C)ncn4)cc3)n2)ccc1F. The van der Waals surface area contributed by atoms with Gasteiger partial charge in [-0.2, -0.15) is 9.36 Å². The number of carbonyl (C=O) groups is 1. The van der Waals surface area contributed by atoms with E-state index in [0.717, 1.165) is 41.4 Å². The number of halogens is 1. The molecule has 0 radical (unpaired) electrons. The van der Waals surface area contributed by atoms with Crippen LogP contribution in [-0.2, 0) is 6.42 Å². The van der Waals surface area contributed by atoms with E-state index >= 15 is 0 Å². The largest absolute Gasteiger partial charge is 0.363 e. The van der Waals surface area contributed by atoms with Gasteiger partial charge < -0.3 is 10.2 Å². The van der Waals surface area contributed by atoms with Crippen molar-refractivity contribution >= 4 is 39.9 Å². The number of rotatable bonds is 9. The second kappa shape index (κ2) is 11.0. The molecule has 0 spiro atoms. The Labute approximate surface area is 207 Å². The first-order chi connectivity index (χ1) is 16.9. The number of amides is 1. The predicted molar refractivity (Wildman–Crippen MR) is 138 cm³/mol. The highest BCUT2D eigenvalue weighted by atomic mass is 32.1. The van der Waals surface area contributed by atoms with E-state index in [1.54, 1.807) is 36.4 Å². The van der Waals surface area contributed by atoms with Gasteiger partial charge in [-0.15, -0.1) is 0 Å². The van der Waals surface area contributed by atoms with Crippen LogP contribution in [0.5, 0.6) is 0 Å². The second-order valence-electron chi connectivity index (χ2n) is 8.15. The maximum atomic E-state index is 14.1. The maximum absolute atomic E-state index is 14.1. The van der Waals surface area contributed by atoms with Crippen molar-refractivity contribution in [2.24, 2.45) is 0 Å². The number of nitrogens with one attached hydrogen (secondary N) is 2. The van der Waals surface area contributed by atoms with E-state index in [-0.39, 0.29) is 11.7 Å². The van der Waals surface area contributed by atoms with Crippen molar-refractivity contribution < 1.29 is 9.18 Å². The second-order valence-corrected chi connectivity index (χ2v) is 8.90. The van der Waals surface area contributed by atoms with E-state index in [4.69, 9.17) is 0 Å². The molecule has 0 saturated carbocycles. The fraction of sp³-hybridized carbons (Fsp3) is 0.240. The first-order valence-corrected chi connectivity index (χ1v) is 12.0. The zero-order valence-corrected chi connectivity index (χ0v) is 20.6. The molecule has 10 heteroatoms. The van der Waals surface area contributed by atoms with Crippen molar-refractivity contribution in [2.75, 3.05) is 29.6 Å². The Morgan fingerprint density at radius 2 is 1.89 bits per heavy atom. The summed E-state index contributed by atoms with van der Waals surface area (Å²) in [6, 6.07) is 13.7. The highest BCUT2D eigenvalue weighted by Gasteiger charge is 2.13. The molecule has 2 N–H and O–H groups in total. The molecule has 0 aliphatic rings. The molecule has 0 atom stereocenters. The van der Waals surface area contributed by atoms with Gasteiger partial charge in [-0.3, -0.25) is 10.1 Å². The Morgan fingerprint density at radius 1 is 1.09 bits per heavy atom. The van der Waals surface area contributed by atoms with E-state index in [1.807, 2.05) is 25.1 Å². The molecule has 0 bridgehead atoms. The summed E-state index contributed by atoms with van der Waals surface area (Å²) in [6.45, 7) is 2.07. The van der Waals surface area contributed by atoms with Crippen LogP contribution < -0.4 is 15.5 Å². The molecule has 0 fully saturated rings. The number of aromatic nitrogens is 4. The lowest BCUT2D eigenvalue weighted by Crippen LogP contribution is -2.12. The molecular weight excluding hydrogens is 465 g/mol. The summed E-state index contributed by atoms with van der Waals surface area (Å²) < 4.78 is 18.4. The first-order valence-electron chi connectivity index (χ1n) is 11.2. The van der Waals surface area contributed by atoms with Crippen LogP contribution in [0.2, 0.25) is 0 Å². The monoisotopic (exact) mass is 491 g/mol. The van der Waals surface area contributed by atoms with Crippen molar-refractivity contribution in [3.05, 3.63) is 71.8 Å². The third kappa shape index (κ3) is 6.15. The van der Waals surface area contributed by atoms with Gasteiger partial charge in [-0.25, -0.2) is 14.4 Å². The minimum Gasteiger partial charge on any atom is -0.363 e. The smallest absolute Gasteiger partial charge is 0.257 e. The molecule has 8 nitrogen and oxygen atoms in total. The average Bonchev–Trinajstić information content (AvgIpc) is 3.32. The number of hydrogen-bond acceptors (Lipinski definition) is 8. The maximum Gasteiger partial charge on any atom is 0.257 e. The lowest BCUT2D eigenvalue weighted by Gasteiger charge is -2.12. The first kappa shape index (κ1) is 24.2.